The van der Waals surface area contributed by atoms with Crippen LogP contribution < -0.4 is 5.73 Å². The first-order valence-corrected chi connectivity index (χ1v) is 4.14. The van der Waals surface area contributed by atoms with E-state index in [4.69, 9.17) is 5.73 Å². The highest BCUT2D eigenvalue weighted by Gasteiger charge is 2.04. The van der Waals surface area contributed by atoms with Crippen LogP contribution in [0.5, 0.6) is 5.75 Å². The van der Waals surface area contributed by atoms with Gasteiger partial charge in [-0.05, 0) is 19.1 Å². The predicted octanol–water partition coefficient (Wildman–Crippen LogP) is 2.17. The summed E-state index contributed by atoms with van der Waals surface area (Å²) in [5, 5.41) is 9.35. The molecule has 0 aliphatic rings. The normalized spacial score (nSPS) is 13.0. The van der Waals surface area contributed by atoms with Gasteiger partial charge in [-0.25, -0.2) is 0 Å². The highest BCUT2D eigenvalue weighted by atomic mass is 79.9. The van der Waals surface area contributed by atoms with Crippen molar-refractivity contribution < 1.29 is 5.11 Å². The lowest BCUT2D eigenvalue weighted by atomic mass is 10.1. The molecule has 3 N–H and O–H groups in total. The first kappa shape index (κ1) is 8.56. The van der Waals surface area contributed by atoms with Gasteiger partial charge in [-0.3, -0.25) is 0 Å². The number of benzene rings is 1. The van der Waals surface area contributed by atoms with E-state index < -0.39 is 0 Å². The van der Waals surface area contributed by atoms with Crippen molar-refractivity contribution in [1.82, 2.24) is 0 Å². The fourth-order valence-electron chi connectivity index (χ4n) is 0.902. The van der Waals surface area contributed by atoms with Crippen molar-refractivity contribution in [2.45, 2.75) is 13.0 Å². The number of phenolic OH excluding ortho intramolecular Hbond substituents is 1. The summed E-state index contributed by atoms with van der Waals surface area (Å²) in [4.78, 5) is 0. The molecule has 0 saturated carbocycles. The third-order valence-electron chi connectivity index (χ3n) is 1.48. The Morgan fingerprint density at radius 3 is 2.64 bits per heavy atom. The van der Waals surface area contributed by atoms with Crippen molar-refractivity contribution in [3.63, 3.8) is 0 Å². The van der Waals surface area contributed by atoms with Crippen LogP contribution in [0.25, 0.3) is 0 Å². The highest BCUT2D eigenvalue weighted by Crippen LogP contribution is 2.25. The minimum absolute atomic E-state index is 0.122. The summed E-state index contributed by atoms with van der Waals surface area (Å²) in [6, 6.07) is 5.18. The second-order valence-corrected chi connectivity index (χ2v) is 3.41. The van der Waals surface area contributed by atoms with E-state index in [1.54, 1.807) is 6.07 Å². The second-order valence-electron chi connectivity index (χ2n) is 2.49. The van der Waals surface area contributed by atoms with Crippen LogP contribution in [0.2, 0.25) is 0 Å². The SMILES string of the molecule is C[C@H](N)c1ccc(Br)cc1O. The Labute approximate surface area is 74.2 Å². The first-order chi connectivity index (χ1) is 5.11. The molecule has 0 bridgehead atoms. The molecule has 1 aromatic carbocycles. The van der Waals surface area contributed by atoms with Gasteiger partial charge in [0, 0.05) is 16.1 Å². The van der Waals surface area contributed by atoms with Crippen LogP contribution in [0.3, 0.4) is 0 Å². The Balaban J connectivity index is 3.09. The predicted molar refractivity (Wildman–Crippen MR) is 48.4 cm³/mol. The van der Waals surface area contributed by atoms with Crippen LogP contribution >= 0.6 is 15.9 Å². The summed E-state index contributed by atoms with van der Waals surface area (Å²) in [6.07, 6.45) is 0. The van der Waals surface area contributed by atoms with Crippen LogP contribution in [-0.4, -0.2) is 5.11 Å². The molecule has 0 amide bonds. The van der Waals surface area contributed by atoms with Gasteiger partial charge in [-0.15, -0.1) is 0 Å². The average Bonchev–Trinajstić information content (AvgIpc) is 1.85. The molecule has 2 nitrogen and oxygen atoms in total. The van der Waals surface area contributed by atoms with Crippen molar-refractivity contribution in [3.8, 4) is 5.75 Å². The van der Waals surface area contributed by atoms with E-state index in [1.165, 1.54) is 0 Å². The monoisotopic (exact) mass is 215 g/mol. The van der Waals surface area contributed by atoms with Gasteiger partial charge in [-0.2, -0.15) is 0 Å². The number of rotatable bonds is 1. The number of nitrogens with two attached hydrogens (primary N) is 1. The zero-order chi connectivity index (χ0) is 8.43. The van der Waals surface area contributed by atoms with Crippen molar-refractivity contribution in [3.05, 3.63) is 28.2 Å². The van der Waals surface area contributed by atoms with Gasteiger partial charge < -0.3 is 10.8 Å². The largest absolute Gasteiger partial charge is 0.508 e. The van der Waals surface area contributed by atoms with Gasteiger partial charge >= 0.3 is 0 Å². The van der Waals surface area contributed by atoms with Crippen molar-refractivity contribution in [1.29, 1.82) is 0 Å². The number of aromatic hydroxyl groups is 1. The van der Waals surface area contributed by atoms with Gasteiger partial charge in [0.2, 0.25) is 0 Å². The molecular formula is C8H10BrNO. The smallest absolute Gasteiger partial charge is 0.121 e. The summed E-state index contributed by atoms with van der Waals surface area (Å²) in [5.41, 5.74) is 6.36. The second kappa shape index (κ2) is 3.24. The van der Waals surface area contributed by atoms with Gasteiger partial charge in [-0.1, -0.05) is 22.0 Å². The van der Waals surface area contributed by atoms with E-state index in [-0.39, 0.29) is 11.8 Å². The molecule has 0 aromatic heterocycles. The van der Waals surface area contributed by atoms with Crippen LogP contribution in [0.15, 0.2) is 22.7 Å². The van der Waals surface area contributed by atoms with Crippen LogP contribution in [0.4, 0.5) is 0 Å². The van der Waals surface area contributed by atoms with Crippen LogP contribution in [-0.2, 0) is 0 Å². The maximum atomic E-state index is 9.35. The molecule has 0 aliphatic heterocycles. The number of halogens is 1. The molecule has 0 unspecified atom stereocenters. The van der Waals surface area contributed by atoms with Crippen LogP contribution in [0, 0.1) is 0 Å². The number of hydrogen-bond acceptors (Lipinski definition) is 2. The fraction of sp³-hybridized carbons (Fsp3) is 0.250. The molecule has 0 radical (unpaired) electrons. The van der Waals surface area contributed by atoms with Crippen molar-refractivity contribution >= 4 is 15.9 Å². The third kappa shape index (κ3) is 1.94. The summed E-state index contributed by atoms with van der Waals surface area (Å²) >= 11 is 3.24. The van der Waals surface area contributed by atoms with E-state index >= 15 is 0 Å². The van der Waals surface area contributed by atoms with Gasteiger partial charge in [0.15, 0.2) is 0 Å². The summed E-state index contributed by atoms with van der Waals surface area (Å²) in [5.74, 6) is 0.245. The third-order valence-corrected chi connectivity index (χ3v) is 1.98. The molecule has 3 heteroatoms. The van der Waals surface area contributed by atoms with E-state index in [0.29, 0.717) is 0 Å². The Morgan fingerprint density at radius 1 is 1.55 bits per heavy atom. The van der Waals surface area contributed by atoms with Crippen molar-refractivity contribution in [2.24, 2.45) is 5.73 Å². The highest BCUT2D eigenvalue weighted by molar-refractivity contribution is 9.10. The lowest BCUT2D eigenvalue weighted by Crippen LogP contribution is -2.04. The van der Waals surface area contributed by atoms with E-state index in [9.17, 15) is 5.11 Å². The molecular weight excluding hydrogens is 206 g/mol. The lowest BCUT2D eigenvalue weighted by Gasteiger charge is -2.07. The van der Waals surface area contributed by atoms with Crippen molar-refractivity contribution in [2.75, 3.05) is 0 Å². The molecule has 1 atom stereocenters. The molecule has 0 aliphatic carbocycles. The lowest BCUT2D eigenvalue weighted by molar-refractivity contribution is 0.463. The molecule has 1 rings (SSSR count). The zero-order valence-electron chi connectivity index (χ0n) is 6.21. The summed E-state index contributed by atoms with van der Waals surface area (Å²) in [7, 11) is 0. The fourth-order valence-corrected chi connectivity index (χ4v) is 1.25. The molecule has 0 spiro atoms. The molecule has 1 aromatic rings. The molecule has 0 fully saturated rings. The Hall–Kier alpha value is -0.540. The van der Waals surface area contributed by atoms with Gasteiger partial charge in [0.05, 0.1) is 0 Å². The topological polar surface area (TPSA) is 46.2 Å². The maximum absolute atomic E-state index is 9.35. The first-order valence-electron chi connectivity index (χ1n) is 3.35. The Morgan fingerprint density at radius 2 is 2.18 bits per heavy atom. The standard InChI is InChI=1S/C8H10BrNO/c1-5(10)7-3-2-6(9)4-8(7)11/h2-5,11H,10H2,1H3/t5-/m0/s1. The van der Waals surface area contributed by atoms with E-state index in [1.807, 2.05) is 19.1 Å². The molecule has 11 heavy (non-hydrogen) atoms. The molecule has 60 valence electrons. The van der Waals surface area contributed by atoms with Gasteiger partial charge in [0.25, 0.3) is 0 Å². The molecule has 0 heterocycles. The zero-order valence-corrected chi connectivity index (χ0v) is 7.80. The Bertz CT molecular complexity index is 260. The number of phenols is 1. The minimum Gasteiger partial charge on any atom is -0.508 e. The average molecular weight is 216 g/mol. The minimum atomic E-state index is -0.122. The van der Waals surface area contributed by atoms with E-state index in [0.717, 1.165) is 10.0 Å². The Kier molecular flexibility index (Phi) is 2.52. The van der Waals surface area contributed by atoms with Gasteiger partial charge in [0.1, 0.15) is 5.75 Å². The number of hydrogen-bond donors (Lipinski definition) is 2. The summed E-state index contributed by atoms with van der Waals surface area (Å²) < 4.78 is 0.861. The quantitative estimate of drug-likeness (QED) is 0.755. The summed E-state index contributed by atoms with van der Waals surface area (Å²) in [6.45, 7) is 1.84. The van der Waals surface area contributed by atoms with E-state index in [2.05, 4.69) is 15.9 Å². The molecule has 0 saturated heterocycles. The van der Waals surface area contributed by atoms with Crippen LogP contribution in [0.1, 0.15) is 18.5 Å². The maximum Gasteiger partial charge on any atom is 0.121 e.